The monoisotopic (exact) mass is 476 g/mol. The number of hydrogen-bond donors (Lipinski definition) is 2. The number of phenols is 2. The summed E-state index contributed by atoms with van der Waals surface area (Å²) in [5, 5.41) is 21.5. The van der Waals surface area contributed by atoms with E-state index < -0.39 is 0 Å². The summed E-state index contributed by atoms with van der Waals surface area (Å²) in [6.45, 7) is 0. The quantitative estimate of drug-likeness (QED) is 0.303. The molecule has 2 nitrogen and oxygen atoms in total. The van der Waals surface area contributed by atoms with Crippen LogP contribution in [0.1, 0.15) is 0 Å². The Morgan fingerprint density at radius 2 is 0.733 bits per heavy atom. The van der Waals surface area contributed by atoms with Gasteiger partial charge in [0, 0.05) is 31.2 Å². The standard InChI is InChI=1S/C12H6Cl4.C12H10O2/c13-9-1-7(2-10(14)5-9)8-3-11(15)6-12(16)4-8;13-11-7-3-1-5-9(11)10-6-2-4-8-12(10)14/h1-6H;1-8,13-14H. The van der Waals surface area contributed by atoms with Crippen molar-refractivity contribution in [3.05, 3.63) is 105 Å². The minimum atomic E-state index is 0.175. The van der Waals surface area contributed by atoms with Gasteiger partial charge >= 0.3 is 0 Å². The fraction of sp³-hybridized carbons (Fsp3) is 0. The summed E-state index contributed by atoms with van der Waals surface area (Å²) < 4.78 is 0. The van der Waals surface area contributed by atoms with E-state index in [4.69, 9.17) is 46.4 Å². The zero-order chi connectivity index (χ0) is 21.7. The molecule has 0 aliphatic carbocycles. The van der Waals surface area contributed by atoms with Gasteiger partial charge in [0.05, 0.1) is 0 Å². The number of phenolic OH excluding ortho intramolecular Hbond substituents is 2. The number of rotatable bonds is 2. The second-order valence-corrected chi connectivity index (χ2v) is 8.10. The van der Waals surface area contributed by atoms with Gasteiger partial charge in [-0.2, -0.15) is 0 Å². The van der Waals surface area contributed by atoms with Gasteiger partial charge in [0.1, 0.15) is 11.5 Å². The first-order valence-electron chi connectivity index (χ1n) is 8.82. The maximum atomic E-state index is 9.58. The molecule has 0 aromatic heterocycles. The number of para-hydroxylation sites is 2. The lowest BCUT2D eigenvalue weighted by molar-refractivity contribution is 0.469. The first-order chi connectivity index (χ1) is 14.3. The Morgan fingerprint density at radius 1 is 0.433 bits per heavy atom. The molecule has 0 atom stereocenters. The molecule has 0 fully saturated rings. The molecule has 4 aromatic carbocycles. The van der Waals surface area contributed by atoms with Crippen molar-refractivity contribution in [3.8, 4) is 33.8 Å². The molecule has 2 N–H and O–H groups in total. The average Bonchev–Trinajstić information content (AvgIpc) is 2.68. The van der Waals surface area contributed by atoms with E-state index in [9.17, 15) is 10.2 Å². The van der Waals surface area contributed by atoms with Crippen LogP contribution in [-0.2, 0) is 0 Å². The van der Waals surface area contributed by atoms with Crippen molar-refractivity contribution < 1.29 is 10.2 Å². The van der Waals surface area contributed by atoms with Crippen LogP contribution in [0.5, 0.6) is 11.5 Å². The van der Waals surface area contributed by atoms with Gasteiger partial charge in [-0.25, -0.2) is 0 Å². The SMILES string of the molecule is Clc1cc(Cl)cc(-c2cc(Cl)cc(Cl)c2)c1.Oc1ccccc1-c1ccccc1O. The lowest BCUT2D eigenvalue weighted by Gasteiger charge is -2.05. The third-order valence-electron chi connectivity index (χ3n) is 4.16. The lowest BCUT2D eigenvalue weighted by Crippen LogP contribution is -1.79. The lowest BCUT2D eigenvalue weighted by atomic mass is 10.0. The predicted molar refractivity (Wildman–Crippen MR) is 127 cm³/mol. The third kappa shape index (κ3) is 5.84. The number of benzene rings is 4. The van der Waals surface area contributed by atoms with Crippen molar-refractivity contribution in [2.75, 3.05) is 0 Å². The van der Waals surface area contributed by atoms with Gasteiger partial charge < -0.3 is 10.2 Å². The van der Waals surface area contributed by atoms with E-state index in [0.717, 1.165) is 11.1 Å². The molecule has 0 aliphatic heterocycles. The Balaban J connectivity index is 0.000000172. The smallest absolute Gasteiger partial charge is 0.123 e. The molecule has 0 heterocycles. The molecular weight excluding hydrogens is 462 g/mol. The topological polar surface area (TPSA) is 40.5 Å². The number of hydrogen-bond acceptors (Lipinski definition) is 2. The van der Waals surface area contributed by atoms with Crippen LogP contribution in [0.25, 0.3) is 22.3 Å². The zero-order valence-corrected chi connectivity index (χ0v) is 18.5. The van der Waals surface area contributed by atoms with E-state index in [0.29, 0.717) is 31.2 Å². The van der Waals surface area contributed by atoms with Gasteiger partial charge in [-0.05, 0) is 59.7 Å². The van der Waals surface area contributed by atoms with E-state index in [2.05, 4.69) is 0 Å². The van der Waals surface area contributed by atoms with E-state index in [1.54, 1.807) is 48.5 Å². The maximum absolute atomic E-state index is 9.58. The molecule has 0 aliphatic rings. The molecule has 0 bridgehead atoms. The molecule has 0 spiro atoms. The van der Waals surface area contributed by atoms with Crippen molar-refractivity contribution in [2.24, 2.45) is 0 Å². The summed E-state index contributed by atoms with van der Waals surface area (Å²) in [5.74, 6) is 0.350. The molecule has 4 rings (SSSR count). The Kier molecular flexibility index (Phi) is 7.52. The minimum absolute atomic E-state index is 0.175. The molecule has 0 unspecified atom stereocenters. The number of aromatic hydroxyl groups is 2. The summed E-state index contributed by atoms with van der Waals surface area (Å²) in [5.41, 5.74) is 3.07. The van der Waals surface area contributed by atoms with Gasteiger partial charge in [-0.15, -0.1) is 0 Å². The van der Waals surface area contributed by atoms with Gasteiger partial charge in [-0.3, -0.25) is 0 Å². The first kappa shape index (κ1) is 22.3. The molecule has 30 heavy (non-hydrogen) atoms. The molecule has 0 radical (unpaired) electrons. The van der Waals surface area contributed by atoms with Crippen LogP contribution in [0, 0.1) is 0 Å². The van der Waals surface area contributed by atoms with Crippen LogP contribution in [0.4, 0.5) is 0 Å². The number of halogens is 4. The summed E-state index contributed by atoms with van der Waals surface area (Å²) in [7, 11) is 0. The van der Waals surface area contributed by atoms with Crippen LogP contribution >= 0.6 is 46.4 Å². The third-order valence-corrected chi connectivity index (χ3v) is 5.03. The van der Waals surface area contributed by atoms with Gasteiger partial charge in [0.2, 0.25) is 0 Å². The fourth-order valence-corrected chi connectivity index (χ4v) is 3.90. The highest BCUT2D eigenvalue weighted by atomic mass is 35.5. The summed E-state index contributed by atoms with van der Waals surface area (Å²) >= 11 is 23.7. The second-order valence-electron chi connectivity index (χ2n) is 6.35. The fourth-order valence-electron chi connectivity index (χ4n) is 2.84. The second kappa shape index (κ2) is 10.1. The van der Waals surface area contributed by atoms with E-state index in [-0.39, 0.29) is 11.5 Å². The van der Waals surface area contributed by atoms with Crippen molar-refractivity contribution in [1.29, 1.82) is 0 Å². The predicted octanol–water partition coefficient (Wildman–Crippen LogP) is 8.73. The molecule has 0 saturated carbocycles. The average molecular weight is 478 g/mol. The first-order valence-corrected chi connectivity index (χ1v) is 10.3. The van der Waals surface area contributed by atoms with Crippen molar-refractivity contribution in [2.45, 2.75) is 0 Å². The summed E-state index contributed by atoms with van der Waals surface area (Å²) in [6.07, 6.45) is 0. The van der Waals surface area contributed by atoms with Crippen molar-refractivity contribution >= 4 is 46.4 Å². The van der Waals surface area contributed by atoms with E-state index in [1.165, 1.54) is 0 Å². The maximum Gasteiger partial charge on any atom is 0.123 e. The van der Waals surface area contributed by atoms with Crippen LogP contribution in [-0.4, -0.2) is 10.2 Å². The highest BCUT2D eigenvalue weighted by molar-refractivity contribution is 6.36. The normalized spacial score (nSPS) is 10.3. The molecule has 6 heteroatoms. The summed E-state index contributed by atoms with van der Waals surface area (Å²) in [6, 6.07) is 24.5. The van der Waals surface area contributed by atoms with Crippen LogP contribution in [0.2, 0.25) is 20.1 Å². The molecule has 152 valence electrons. The molecule has 0 amide bonds. The van der Waals surface area contributed by atoms with Crippen molar-refractivity contribution in [1.82, 2.24) is 0 Å². The van der Waals surface area contributed by atoms with Gasteiger partial charge in [-0.1, -0.05) is 82.8 Å². The molecular formula is C24H16Cl4O2. The highest BCUT2D eigenvalue weighted by Crippen LogP contribution is 2.34. The zero-order valence-electron chi connectivity index (χ0n) is 15.5. The summed E-state index contributed by atoms with van der Waals surface area (Å²) in [4.78, 5) is 0. The van der Waals surface area contributed by atoms with Gasteiger partial charge in [0.25, 0.3) is 0 Å². The van der Waals surface area contributed by atoms with Crippen molar-refractivity contribution in [3.63, 3.8) is 0 Å². The Labute approximate surface area is 194 Å². The van der Waals surface area contributed by atoms with E-state index >= 15 is 0 Å². The minimum Gasteiger partial charge on any atom is -0.507 e. The Bertz CT molecular complexity index is 1040. The largest absolute Gasteiger partial charge is 0.507 e. The Morgan fingerprint density at radius 3 is 1.03 bits per heavy atom. The van der Waals surface area contributed by atoms with Crippen LogP contribution in [0.15, 0.2) is 84.9 Å². The van der Waals surface area contributed by atoms with Gasteiger partial charge in [0.15, 0.2) is 0 Å². The molecule has 4 aromatic rings. The highest BCUT2D eigenvalue weighted by Gasteiger charge is 2.06. The van der Waals surface area contributed by atoms with Crippen LogP contribution in [0.3, 0.4) is 0 Å². The molecule has 0 saturated heterocycles. The Hall–Kier alpha value is -2.36. The van der Waals surface area contributed by atoms with Crippen LogP contribution < -0.4 is 0 Å². The van der Waals surface area contributed by atoms with E-state index in [1.807, 2.05) is 36.4 Å².